The highest BCUT2D eigenvalue weighted by atomic mass is 16.3. The Morgan fingerprint density at radius 2 is 2.06 bits per heavy atom. The third-order valence-electron chi connectivity index (χ3n) is 2.45. The lowest BCUT2D eigenvalue weighted by molar-refractivity contribution is 0.417. The van der Waals surface area contributed by atoms with Crippen LogP contribution in [0.25, 0.3) is 0 Å². The molecule has 0 aliphatic carbocycles. The molecule has 0 fully saturated rings. The number of hydrogen-bond donors (Lipinski definition) is 4. The second-order valence-electron chi connectivity index (χ2n) is 3.64. The van der Waals surface area contributed by atoms with Crippen molar-refractivity contribution in [2.24, 2.45) is 0 Å². The van der Waals surface area contributed by atoms with Gasteiger partial charge in [-0.2, -0.15) is 5.21 Å². The lowest BCUT2D eigenvalue weighted by Crippen LogP contribution is -2.19. The van der Waals surface area contributed by atoms with E-state index in [1.165, 1.54) is 12.1 Å². The van der Waals surface area contributed by atoms with E-state index < -0.39 is 0 Å². The van der Waals surface area contributed by atoms with Crippen LogP contribution in [0.2, 0.25) is 0 Å². The van der Waals surface area contributed by atoms with Crippen LogP contribution in [0, 0.1) is 0 Å². The molecular formula is C10H13N5O2. The quantitative estimate of drug-likeness (QED) is 0.613. The second-order valence-corrected chi connectivity index (χ2v) is 3.64. The zero-order valence-electron chi connectivity index (χ0n) is 9.25. The number of aromatic amines is 1. The number of tetrazole rings is 1. The van der Waals surface area contributed by atoms with Crippen LogP contribution >= 0.6 is 0 Å². The first-order chi connectivity index (χ1) is 8.18. The van der Waals surface area contributed by atoms with Crippen molar-refractivity contribution in [3.63, 3.8) is 0 Å². The van der Waals surface area contributed by atoms with Gasteiger partial charge in [0.1, 0.15) is 11.5 Å². The van der Waals surface area contributed by atoms with Crippen LogP contribution < -0.4 is 5.32 Å². The predicted molar refractivity (Wildman–Crippen MR) is 59.2 cm³/mol. The molecule has 90 valence electrons. The van der Waals surface area contributed by atoms with Crippen LogP contribution in [-0.4, -0.2) is 30.8 Å². The van der Waals surface area contributed by atoms with Gasteiger partial charge in [0.05, 0.1) is 12.1 Å². The molecule has 4 N–H and O–H groups in total. The van der Waals surface area contributed by atoms with E-state index in [4.69, 9.17) is 0 Å². The maximum Gasteiger partial charge on any atom is 0.188 e. The molecule has 0 saturated carbocycles. The zero-order valence-corrected chi connectivity index (χ0v) is 9.25. The molecule has 2 aromatic rings. The molecule has 0 amide bonds. The van der Waals surface area contributed by atoms with Gasteiger partial charge < -0.3 is 15.5 Å². The molecule has 1 unspecified atom stereocenters. The minimum Gasteiger partial charge on any atom is -0.507 e. The van der Waals surface area contributed by atoms with E-state index in [-0.39, 0.29) is 17.5 Å². The smallest absolute Gasteiger partial charge is 0.188 e. The third kappa shape index (κ3) is 2.51. The number of H-pyrrole nitrogens is 1. The van der Waals surface area contributed by atoms with Crippen LogP contribution in [0.15, 0.2) is 18.2 Å². The summed E-state index contributed by atoms with van der Waals surface area (Å²) in [5, 5.41) is 35.8. The standard InChI is InChI=1S/C10H13N5O2/c1-6(11-5-9-12-14-15-13-9)10-7(16)3-2-4-8(10)17/h2-4,6,11,16-17H,5H2,1H3,(H,12,13,14,15). The summed E-state index contributed by atoms with van der Waals surface area (Å²) in [6.07, 6.45) is 0. The lowest BCUT2D eigenvalue weighted by atomic mass is 10.1. The maximum atomic E-state index is 9.67. The Hall–Kier alpha value is -2.15. The van der Waals surface area contributed by atoms with Gasteiger partial charge in [-0.05, 0) is 19.1 Å². The summed E-state index contributed by atoms with van der Waals surface area (Å²) < 4.78 is 0. The van der Waals surface area contributed by atoms with Gasteiger partial charge in [-0.15, -0.1) is 10.2 Å². The van der Waals surface area contributed by atoms with Gasteiger partial charge in [-0.1, -0.05) is 11.3 Å². The number of aromatic hydroxyl groups is 2. The number of nitrogens with zero attached hydrogens (tertiary/aromatic N) is 3. The summed E-state index contributed by atoms with van der Waals surface area (Å²) in [7, 11) is 0. The number of hydrogen-bond acceptors (Lipinski definition) is 6. The summed E-state index contributed by atoms with van der Waals surface area (Å²) in [6.45, 7) is 2.22. The Morgan fingerprint density at radius 3 is 2.65 bits per heavy atom. The van der Waals surface area contributed by atoms with Crippen molar-refractivity contribution in [1.29, 1.82) is 0 Å². The van der Waals surface area contributed by atoms with E-state index in [9.17, 15) is 10.2 Å². The number of phenols is 2. The molecule has 7 nitrogen and oxygen atoms in total. The first-order valence-electron chi connectivity index (χ1n) is 5.15. The van der Waals surface area contributed by atoms with Gasteiger partial charge in [-0.25, -0.2) is 0 Å². The van der Waals surface area contributed by atoms with Crippen molar-refractivity contribution >= 4 is 0 Å². The fourth-order valence-corrected chi connectivity index (χ4v) is 1.59. The van der Waals surface area contributed by atoms with E-state index in [0.717, 1.165) is 0 Å². The van der Waals surface area contributed by atoms with Crippen molar-refractivity contribution in [2.45, 2.75) is 19.5 Å². The van der Waals surface area contributed by atoms with Gasteiger partial charge in [-0.3, -0.25) is 0 Å². The average Bonchev–Trinajstić information content (AvgIpc) is 2.79. The Labute approximate surface area is 97.5 Å². The fraction of sp³-hybridized carbons (Fsp3) is 0.300. The van der Waals surface area contributed by atoms with E-state index in [2.05, 4.69) is 25.9 Å². The summed E-state index contributed by atoms with van der Waals surface area (Å²) in [4.78, 5) is 0. The third-order valence-corrected chi connectivity index (χ3v) is 2.45. The largest absolute Gasteiger partial charge is 0.507 e. The van der Waals surface area contributed by atoms with Crippen molar-refractivity contribution in [3.05, 3.63) is 29.6 Å². The van der Waals surface area contributed by atoms with Crippen LogP contribution in [0.5, 0.6) is 11.5 Å². The molecule has 17 heavy (non-hydrogen) atoms. The van der Waals surface area contributed by atoms with E-state index in [1.807, 2.05) is 6.92 Å². The number of aromatic nitrogens is 4. The monoisotopic (exact) mass is 235 g/mol. The predicted octanol–water partition coefficient (Wildman–Crippen LogP) is 0.462. The zero-order chi connectivity index (χ0) is 12.3. The van der Waals surface area contributed by atoms with Crippen molar-refractivity contribution in [1.82, 2.24) is 25.9 Å². The second kappa shape index (κ2) is 4.79. The van der Waals surface area contributed by atoms with Crippen molar-refractivity contribution in [3.8, 4) is 11.5 Å². The molecule has 7 heteroatoms. The van der Waals surface area contributed by atoms with Gasteiger partial charge in [0.15, 0.2) is 5.82 Å². The molecule has 1 heterocycles. The summed E-state index contributed by atoms with van der Waals surface area (Å²) in [5.74, 6) is 0.628. The number of nitrogens with one attached hydrogen (secondary N) is 2. The molecule has 2 rings (SSSR count). The van der Waals surface area contributed by atoms with Crippen LogP contribution in [0.3, 0.4) is 0 Å². The fourth-order valence-electron chi connectivity index (χ4n) is 1.59. The van der Waals surface area contributed by atoms with Gasteiger partial charge >= 0.3 is 0 Å². The Balaban J connectivity index is 2.07. The summed E-state index contributed by atoms with van der Waals surface area (Å²) >= 11 is 0. The topological polar surface area (TPSA) is 107 Å². The molecule has 1 atom stereocenters. The highest BCUT2D eigenvalue weighted by molar-refractivity contribution is 5.44. The summed E-state index contributed by atoms with van der Waals surface area (Å²) in [5.41, 5.74) is 0.455. The van der Waals surface area contributed by atoms with E-state index in [1.54, 1.807) is 6.07 Å². The molecular weight excluding hydrogens is 222 g/mol. The minimum absolute atomic E-state index is 0.0538. The Bertz CT molecular complexity index is 465. The highest BCUT2D eigenvalue weighted by Crippen LogP contribution is 2.32. The molecule has 0 radical (unpaired) electrons. The van der Waals surface area contributed by atoms with E-state index >= 15 is 0 Å². The Morgan fingerprint density at radius 1 is 1.35 bits per heavy atom. The average molecular weight is 235 g/mol. The number of benzene rings is 1. The maximum absolute atomic E-state index is 9.67. The Kier molecular flexibility index (Phi) is 3.20. The first-order valence-corrected chi connectivity index (χ1v) is 5.15. The van der Waals surface area contributed by atoms with Gasteiger partial charge in [0.2, 0.25) is 0 Å². The minimum atomic E-state index is -0.227. The van der Waals surface area contributed by atoms with Gasteiger partial charge in [0, 0.05) is 6.04 Å². The first kappa shape index (κ1) is 11.3. The molecule has 0 aliphatic heterocycles. The van der Waals surface area contributed by atoms with E-state index in [0.29, 0.717) is 17.9 Å². The van der Waals surface area contributed by atoms with Crippen LogP contribution in [0.1, 0.15) is 24.4 Å². The van der Waals surface area contributed by atoms with Crippen molar-refractivity contribution < 1.29 is 10.2 Å². The molecule has 0 saturated heterocycles. The van der Waals surface area contributed by atoms with Crippen LogP contribution in [-0.2, 0) is 6.54 Å². The van der Waals surface area contributed by atoms with Crippen molar-refractivity contribution in [2.75, 3.05) is 0 Å². The normalized spacial score (nSPS) is 12.5. The highest BCUT2D eigenvalue weighted by Gasteiger charge is 2.14. The molecule has 0 bridgehead atoms. The summed E-state index contributed by atoms with van der Waals surface area (Å²) in [6, 6.07) is 4.41. The molecule has 1 aromatic heterocycles. The molecule has 1 aromatic carbocycles. The lowest BCUT2D eigenvalue weighted by Gasteiger charge is -2.15. The molecule has 0 spiro atoms. The molecule has 0 aliphatic rings. The SMILES string of the molecule is CC(NCc1nn[nH]n1)c1c(O)cccc1O. The van der Waals surface area contributed by atoms with Gasteiger partial charge in [0.25, 0.3) is 0 Å². The van der Waals surface area contributed by atoms with Crippen LogP contribution in [0.4, 0.5) is 0 Å². The number of rotatable bonds is 4. The number of phenolic OH excluding ortho intramolecular Hbond substituents is 2.